The average Bonchev–Trinajstić information content (AvgIpc) is 3.81. The first-order chi connectivity index (χ1) is 26.3. The van der Waals surface area contributed by atoms with Crippen molar-refractivity contribution in [3.8, 4) is 22.3 Å². The summed E-state index contributed by atoms with van der Waals surface area (Å²) in [7, 11) is 18.0. The number of benzene rings is 6. The second-order valence-electron chi connectivity index (χ2n) is 15.6. The summed E-state index contributed by atoms with van der Waals surface area (Å²) in [5.41, 5.74) is 18.2. The van der Waals surface area contributed by atoms with Gasteiger partial charge in [-0.3, -0.25) is 0 Å². The Morgan fingerprint density at radius 1 is 0.463 bits per heavy atom. The molecule has 0 saturated carbocycles. The van der Waals surface area contributed by atoms with E-state index in [1.165, 1.54) is 77.9 Å². The second-order valence-corrected chi connectivity index (χ2v) is 74.9. The fourth-order valence-electron chi connectivity index (χ4n) is 9.60. The molecular weight excluding hydrogens is 878 g/mol. The van der Waals surface area contributed by atoms with E-state index in [1.807, 2.05) is 0 Å². The molecule has 0 radical (unpaired) electrons. The molecule has 0 N–H and O–H groups in total. The van der Waals surface area contributed by atoms with Crippen LogP contribution in [0.2, 0.25) is 13.1 Å². The van der Waals surface area contributed by atoms with E-state index < -0.39 is 21.3 Å². The van der Waals surface area contributed by atoms with Gasteiger partial charge in [0.25, 0.3) is 0 Å². The molecule has 0 amide bonds. The normalized spacial score (nSPS) is 17.1. The third kappa shape index (κ3) is 6.22. The van der Waals surface area contributed by atoms with Crippen molar-refractivity contribution >= 4 is 46.4 Å². The van der Waals surface area contributed by atoms with Gasteiger partial charge in [-0.05, 0) is 0 Å². The van der Waals surface area contributed by atoms with Crippen molar-refractivity contribution in [3.63, 3.8) is 0 Å². The molecular formula is C50H49Cl2HfSi. The molecule has 2 aliphatic carbocycles. The molecule has 0 nitrogen and oxygen atoms in total. The summed E-state index contributed by atoms with van der Waals surface area (Å²) in [6.07, 6.45) is 9.24. The van der Waals surface area contributed by atoms with Gasteiger partial charge in [0.05, 0.1) is 0 Å². The van der Waals surface area contributed by atoms with Crippen LogP contribution in [0.25, 0.3) is 45.6 Å². The van der Waals surface area contributed by atoms with E-state index in [0.717, 1.165) is 25.7 Å². The molecule has 2 aliphatic rings. The van der Waals surface area contributed by atoms with Gasteiger partial charge in [0.15, 0.2) is 0 Å². The Morgan fingerprint density at radius 2 is 0.833 bits per heavy atom. The van der Waals surface area contributed by atoms with Crippen molar-refractivity contribution in [1.29, 1.82) is 0 Å². The third-order valence-corrected chi connectivity index (χ3v) is 84.6. The van der Waals surface area contributed by atoms with E-state index in [2.05, 4.69) is 185 Å². The van der Waals surface area contributed by atoms with Crippen LogP contribution < -0.4 is 0 Å². The number of aryl methyl sites for hydroxylation is 2. The molecule has 0 heterocycles. The zero-order valence-corrected chi connectivity index (χ0v) is 38.1. The summed E-state index contributed by atoms with van der Waals surface area (Å²) < 4.78 is -0.126. The summed E-state index contributed by atoms with van der Waals surface area (Å²) in [5, 5.41) is 0. The van der Waals surface area contributed by atoms with Crippen LogP contribution in [0.5, 0.6) is 0 Å². The van der Waals surface area contributed by atoms with Gasteiger partial charge in [0, 0.05) is 0 Å². The predicted octanol–water partition coefficient (Wildman–Crippen LogP) is 14.8. The van der Waals surface area contributed by atoms with Gasteiger partial charge in [-0.25, -0.2) is 0 Å². The Bertz CT molecular complexity index is 2230. The van der Waals surface area contributed by atoms with Gasteiger partial charge in [-0.15, -0.1) is 0 Å². The van der Waals surface area contributed by atoms with E-state index in [-0.39, 0.29) is 7.35 Å². The van der Waals surface area contributed by atoms with Crippen LogP contribution >= 0.6 is 17.2 Å². The van der Waals surface area contributed by atoms with Crippen LogP contribution in [0, 0.1) is 0 Å². The van der Waals surface area contributed by atoms with Crippen molar-refractivity contribution in [2.45, 2.75) is 60.0 Å². The van der Waals surface area contributed by atoms with Gasteiger partial charge in [0.1, 0.15) is 0 Å². The van der Waals surface area contributed by atoms with E-state index in [0.29, 0.717) is 0 Å². The van der Waals surface area contributed by atoms with Gasteiger partial charge < -0.3 is 0 Å². The molecule has 2 atom stereocenters. The summed E-state index contributed by atoms with van der Waals surface area (Å²) in [4.78, 5) is 0. The molecule has 271 valence electrons. The second kappa shape index (κ2) is 15.2. The van der Waals surface area contributed by atoms with E-state index in [4.69, 9.17) is 17.2 Å². The molecule has 54 heavy (non-hydrogen) atoms. The molecule has 2 unspecified atom stereocenters. The van der Waals surface area contributed by atoms with Crippen LogP contribution in [-0.2, 0) is 28.1 Å². The molecule has 6 aromatic carbocycles. The fraction of sp³-hybridized carbons (Fsp3) is 0.200. The van der Waals surface area contributed by atoms with Crippen molar-refractivity contribution in [1.82, 2.24) is 0 Å². The third-order valence-electron chi connectivity index (χ3n) is 12.2. The maximum absolute atomic E-state index is 9.01. The standard InChI is InChI=1S/2C24H21.C2H7Si.2ClH.Hf/c2*1-2-9-19-12-6-7-14-22(19)23-15-8-13-20-16-21(17-24(20)23)18-10-4-3-5-11-18;1-3-2;;;/h2*3-8,10-17H,2,9H2,1H3;3H,1-2H3;2*1H;/q;;;;;+2/p-2. The molecule has 4 heteroatoms. The molecule has 6 aromatic rings. The van der Waals surface area contributed by atoms with Crippen molar-refractivity contribution in [2.24, 2.45) is 0 Å². The topological polar surface area (TPSA) is 0 Å². The van der Waals surface area contributed by atoms with Crippen LogP contribution in [-0.4, -0.2) is 5.98 Å². The molecule has 0 saturated heterocycles. The summed E-state index contributed by atoms with van der Waals surface area (Å²) >= 11 is -5.36. The first-order valence-corrected chi connectivity index (χ1v) is 42.0. The molecule has 8 rings (SSSR count). The Hall–Kier alpha value is -3.53. The molecule has 0 bridgehead atoms. The summed E-state index contributed by atoms with van der Waals surface area (Å²) in [5.74, 6) is -1.82. The van der Waals surface area contributed by atoms with Gasteiger partial charge in [-0.2, -0.15) is 0 Å². The Labute approximate surface area is 331 Å². The predicted molar refractivity (Wildman–Crippen MR) is 236 cm³/mol. The Morgan fingerprint density at radius 3 is 1.22 bits per heavy atom. The van der Waals surface area contributed by atoms with E-state index in [9.17, 15) is 0 Å². The van der Waals surface area contributed by atoms with Gasteiger partial charge in [-0.1, -0.05) is 0 Å². The molecule has 0 fully saturated rings. The van der Waals surface area contributed by atoms with Crippen LogP contribution in [0.1, 0.15) is 78.5 Å². The Balaban J connectivity index is 1.42. The number of hydrogen-bond acceptors (Lipinski definition) is 0. The first kappa shape index (κ1) is 37.4. The van der Waals surface area contributed by atoms with Crippen LogP contribution in [0.3, 0.4) is 0 Å². The zero-order chi connectivity index (χ0) is 37.5. The van der Waals surface area contributed by atoms with Crippen LogP contribution in [0.4, 0.5) is 0 Å². The summed E-state index contributed by atoms with van der Waals surface area (Å²) in [6.45, 7) is 9.44. The minimum absolute atomic E-state index is 0.0632. The van der Waals surface area contributed by atoms with E-state index >= 15 is 0 Å². The van der Waals surface area contributed by atoms with E-state index in [1.54, 1.807) is 0 Å². The average molecular weight is 927 g/mol. The summed E-state index contributed by atoms with van der Waals surface area (Å²) in [6, 6.07) is 53.7. The quantitative estimate of drug-likeness (QED) is 0.114. The Kier molecular flexibility index (Phi) is 10.5. The zero-order valence-electron chi connectivity index (χ0n) is 31.8. The van der Waals surface area contributed by atoms with Gasteiger partial charge >= 0.3 is 334 Å². The van der Waals surface area contributed by atoms with Crippen molar-refractivity contribution in [2.75, 3.05) is 0 Å². The maximum atomic E-state index is 9.01. The SMILES string of the molecule is CCCc1ccccc1-c1cccc2c1C=C(c1ccccc1)[CH]2[Hf]([Cl])([Cl])([CH]1C(c2ccccc2)=Cc2c(-c3ccccc3CCC)cccc21)[SiH](C)C. The number of rotatable bonds is 11. The van der Waals surface area contributed by atoms with Crippen molar-refractivity contribution in [3.05, 3.63) is 190 Å². The number of hydrogen-bond donors (Lipinski definition) is 0. The minimum atomic E-state index is -5.36. The molecule has 0 aromatic heterocycles. The fourth-order valence-corrected chi connectivity index (χ4v) is 52.2. The monoisotopic (exact) mass is 927 g/mol. The van der Waals surface area contributed by atoms with Gasteiger partial charge in [0.2, 0.25) is 0 Å². The number of fused-ring (bicyclic) bond motifs is 2. The molecule has 0 aliphatic heterocycles. The van der Waals surface area contributed by atoms with Crippen molar-refractivity contribution < 1.29 is 15.3 Å². The number of allylic oxidation sites excluding steroid dienone is 2. The van der Waals surface area contributed by atoms with Crippen LogP contribution in [0.15, 0.2) is 146 Å². The first-order valence-electron chi connectivity index (χ1n) is 19.8. The number of halogens is 2. The molecule has 0 spiro atoms.